The molecule has 0 saturated carbocycles. The molecule has 3 heterocycles. The Kier molecular flexibility index (Phi) is 7.21. The number of amides is 1. The van der Waals surface area contributed by atoms with E-state index in [-0.39, 0.29) is 17.9 Å². The first-order chi connectivity index (χ1) is 16.7. The van der Waals surface area contributed by atoms with Gasteiger partial charge in [-0.2, -0.15) is 0 Å². The summed E-state index contributed by atoms with van der Waals surface area (Å²) in [5, 5.41) is 5.13. The number of benzene rings is 1. The Bertz CT molecular complexity index is 1220. The minimum absolute atomic E-state index is 0.0160. The van der Waals surface area contributed by atoms with Crippen molar-refractivity contribution in [3.05, 3.63) is 47.0 Å². The Morgan fingerprint density at radius 1 is 1.14 bits per heavy atom. The number of rotatable bonds is 8. The minimum atomic E-state index is -0.437. The molecular weight excluding hydrogens is 464 g/mol. The molecule has 2 aromatic heterocycles. The first-order valence-corrected chi connectivity index (χ1v) is 12.6. The van der Waals surface area contributed by atoms with Gasteiger partial charge < -0.3 is 24.1 Å². The normalized spacial score (nSPS) is 12.5. The van der Waals surface area contributed by atoms with E-state index in [4.69, 9.17) is 14.2 Å². The van der Waals surface area contributed by atoms with Gasteiger partial charge in [0.05, 0.1) is 19.4 Å². The van der Waals surface area contributed by atoms with Gasteiger partial charge in [-0.3, -0.25) is 4.79 Å². The Labute approximate surface area is 210 Å². The fourth-order valence-electron chi connectivity index (χ4n) is 4.19. The molecule has 0 aliphatic carbocycles. The second-order valence-corrected chi connectivity index (χ2v) is 10.6. The van der Waals surface area contributed by atoms with Crippen LogP contribution in [0.15, 0.2) is 35.7 Å². The lowest BCUT2D eigenvalue weighted by Gasteiger charge is -2.24. The zero-order chi connectivity index (χ0) is 25.2. The number of fused-ring (bicyclic) bond motifs is 3. The summed E-state index contributed by atoms with van der Waals surface area (Å²) >= 11 is 1.64. The van der Waals surface area contributed by atoms with Crippen molar-refractivity contribution >= 4 is 23.2 Å². The van der Waals surface area contributed by atoms with Crippen molar-refractivity contribution in [1.82, 2.24) is 9.88 Å². The van der Waals surface area contributed by atoms with E-state index < -0.39 is 5.97 Å². The molecule has 0 atom stereocenters. The number of thiophene rings is 1. The van der Waals surface area contributed by atoms with Gasteiger partial charge in [0, 0.05) is 29.1 Å². The summed E-state index contributed by atoms with van der Waals surface area (Å²) in [6.45, 7) is 9.40. The molecule has 186 valence electrons. The van der Waals surface area contributed by atoms with E-state index >= 15 is 0 Å². The molecule has 3 aromatic rings. The maximum atomic E-state index is 13.2. The SMILES string of the molecule is CCOC(=O)COc1cc2c(cc1OC)CCn1c(C(=O)NCC(C)(C)C)cc(-c3cccs3)c1-2. The van der Waals surface area contributed by atoms with Crippen LogP contribution in [0.4, 0.5) is 0 Å². The molecular formula is C27H32N2O5S. The third-order valence-electron chi connectivity index (χ3n) is 5.80. The zero-order valence-electron chi connectivity index (χ0n) is 20.9. The van der Waals surface area contributed by atoms with Crippen LogP contribution in [0.1, 0.15) is 43.7 Å². The van der Waals surface area contributed by atoms with Gasteiger partial charge in [0.25, 0.3) is 5.91 Å². The fourth-order valence-corrected chi connectivity index (χ4v) is 4.93. The average molecular weight is 497 g/mol. The van der Waals surface area contributed by atoms with E-state index in [1.54, 1.807) is 25.4 Å². The van der Waals surface area contributed by atoms with E-state index in [0.29, 0.717) is 36.9 Å². The highest BCUT2D eigenvalue weighted by Gasteiger charge is 2.29. The second kappa shape index (κ2) is 10.2. The lowest BCUT2D eigenvalue weighted by molar-refractivity contribution is -0.145. The molecule has 8 heteroatoms. The number of nitrogens with zero attached hydrogens (tertiary/aromatic N) is 1. The number of hydrogen-bond acceptors (Lipinski definition) is 6. The average Bonchev–Trinajstić information content (AvgIpc) is 3.48. The van der Waals surface area contributed by atoms with Crippen LogP contribution in [-0.2, 0) is 22.5 Å². The molecule has 0 saturated heterocycles. The standard InChI is InChI=1S/C27H32N2O5S/c1-6-33-24(30)15-34-22-14-18-17(12-21(22)32-5)9-10-29-20(26(31)28-16-27(2,3)4)13-19(25(18)29)23-8-7-11-35-23/h7-8,11-14H,6,9-10,15-16H2,1-5H3,(H,28,31). The summed E-state index contributed by atoms with van der Waals surface area (Å²) in [7, 11) is 1.58. The fraction of sp³-hybridized carbons (Fsp3) is 0.407. The van der Waals surface area contributed by atoms with Gasteiger partial charge in [0.15, 0.2) is 18.1 Å². The number of esters is 1. The molecule has 0 unspecified atom stereocenters. The van der Waals surface area contributed by atoms with E-state index in [2.05, 4.69) is 36.7 Å². The minimum Gasteiger partial charge on any atom is -0.493 e. The van der Waals surface area contributed by atoms with Gasteiger partial charge >= 0.3 is 5.97 Å². The Hall–Kier alpha value is -3.26. The van der Waals surface area contributed by atoms with E-state index in [1.807, 2.05) is 29.6 Å². The summed E-state index contributed by atoms with van der Waals surface area (Å²) in [4.78, 5) is 26.2. The van der Waals surface area contributed by atoms with Crippen LogP contribution in [0, 0.1) is 5.41 Å². The predicted molar refractivity (Wildman–Crippen MR) is 137 cm³/mol. The van der Waals surface area contributed by atoms with Gasteiger partial charge in [-0.25, -0.2) is 4.79 Å². The number of aryl methyl sites for hydroxylation is 1. The van der Waals surface area contributed by atoms with Crippen molar-refractivity contribution in [3.63, 3.8) is 0 Å². The number of aromatic nitrogens is 1. The molecule has 1 aliphatic rings. The van der Waals surface area contributed by atoms with Crippen molar-refractivity contribution in [1.29, 1.82) is 0 Å². The van der Waals surface area contributed by atoms with E-state index in [9.17, 15) is 9.59 Å². The smallest absolute Gasteiger partial charge is 0.344 e. The number of carbonyl (C=O) groups excluding carboxylic acids is 2. The van der Waals surface area contributed by atoms with Gasteiger partial charge in [-0.15, -0.1) is 11.3 Å². The highest BCUT2D eigenvalue weighted by molar-refractivity contribution is 7.13. The Balaban J connectivity index is 1.79. The lowest BCUT2D eigenvalue weighted by atomic mass is 9.95. The van der Waals surface area contributed by atoms with Gasteiger partial charge in [0.2, 0.25) is 0 Å². The summed E-state index contributed by atoms with van der Waals surface area (Å²) in [6.07, 6.45) is 0.745. The second-order valence-electron chi connectivity index (χ2n) is 9.67. The molecule has 7 nitrogen and oxygen atoms in total. The summed E-state index contributed by atoms with van der Waals surface area (Å²) < 4.78 is 18.4. The Morgan fingerprint density at radius 3 is 2.60 bits per heavy atom. The number of hydrogen-bond donors (Lipinski definition) is 1. The molecule has 0 fully saturated rings. The number of carbonyl (C=O) groups is 2. The third-order valence-corrected chi connectivity index (χ3v) is 6.70. The van der Waals surface area contributed by atoms with Crippen LogP contribution in [0.25, 0.3) is 21.7 Å². The summed E-state index contributed by atoms with van der Waals surface area (Å²) in [5.41, 5.74) is 4.67. The van der Waals surface area contributed by atoms with Crippen LogP contribution in [0.5, 0.6) is 11.5 Å². The molecule has 1 aromatic carbocycles. The Morgan fingerprint density at radius 2 is 1.94 bits per heavy atom. The largest absolute Gasteiger partial charge is 0.493 e. The van der Waals surface area contributed by atoms with Crippen molar-refractivity contribution in [2.75, 3.05) is 26.9 Å². The molecule has 0 radical (unpaired) electrons. The molecule has 1 aliphatic heterocycles. The first-order valence-electron chi connectivity index (χ1n) is 11.8. The summed E-state index contributed by atoms with van der Waals surface area (Å²) in [6, 6.07) is 9.93. The monoisotopic (exact) mass is 496 g/mol. The number of nitrogens with one attached hydrogen (secondary N) is 1. The number of methoxy groups -OCH3 is 1. The van der Waals surface area contributed by atoms with Crippen LogP contribution >= 0.6 is 11.3 Å². The van der Waals surface area contributed by atoms with Gasteiger partial charge in [-0.1, -0.05) is 26.8 Å². The van der Waals surface area contributed by atoms with Crippen molar-refractivity contribution in [2.45, 2.75) is 40.7 Å². The number of ether oxygens (including phenoxy) is 3. The molecule has 0 spiro atoms. The van der Waals surface area contributed by atoms with Crippen molar-refractivity contribution in [2.24, 2.45) is 5.41 Å². The van der Waals surface area contributed by atoms with E-state index in [1.165, 1.54) is 0 Å². The molecule has 35 heavy (non-hydrogen) atoms. The zero-order valence-corrected chi connectivity index (χ0v) is 21.7. The summed E-state index contributed by atoms with van der Waals surface area (Å²) in [5.74, 6) is 0.506. The van der Waals surface area contributed by atoms with Crippen molar-refractivity contribution < 1.29 is 23.8 Å². The van der Waals surface area contributed by atoms with Gasteiger partial charge in [0.1, 0.15) is 5.69 Å². The van der Waals surface area contributed by atoms with Gasteiger partial charge in [-0.05, 0) is 54.0 Å². The highest BCUT2D eigenvalue weighted by atomic mass is 32.1. The topological polar surface area (TPSA) is 78.8 Å². The molecule has 4 rings (SSSR count). The van der Waals surface area contributed by atoms with Crippen LogP contribution in [0.2, 0.25) is 0 Å². The maximum Gasteiger partial charge on any atom is 0.344 e. The van der Waals surface area contributed by atoms with Crippen LogP contribution in [-0.4, -0.2) is 43.3 Å². The van der Waals surface area contributed by atoms with Crippen LogP contribution in [0.3, 0.4) is 0 Å². The lowest BCUT2D eigenvalue weighted by Crippen LogP contribution is -2.33. The molecule has 1 N–H and O–H groups in total. The van der Waals surface area contributed by atoms with Crippen LogP contribution < -0.4 is 14.8 Å². The highest BCUT2D eigenvalue weighted by Crippen LogP contribution is 2.45. The molecule has 1 amide bonds. The van der Waals surface area contributed by atoms with Crippen molar-refractivity contribution in [3.8, 4) is 33.2 Å². The maximum absolute atomic E-state index is 13.2. The predicted octanol–water partition coefficient (Wildman–Crippen LogP) is 5.17. The van der Waals surface area contributed by atoms with E-state index in [0.717, 1.165) is 33.7 Å². The first kappa shape index (κ1) is 24.9. The quantitative estimate of drug-likeness (QED) is 0.436. The third kappa shape index (κ3) is 5.37. The molecule has 0 bridgehead atoms.